The molecule has 1 heterocycles. The van der Waals surface area contributed by atoms with Crippen LogP contribution in [0.3, 0.4) is 0 Å². The molecule has 29 heavy (non-hydrogen) atoms. The van der Waals surface area contributed by atoms with Crippen molar-refractivity contribution in [1.82, 2.24) is 9.97 Å². The Labute approximate surface area is 180 Å². The molecule has 1 aromatic rings. The van der Waals surface area contributed by atoms with E-state index in [2.05, 4.69) is 26.2 Å². The van der Waals surface area contributed by atoms with E-state index in [1.54, 1.807) is 0 Å². The molecule has 0 N–H and O–H groups in total. The lowest BCUT2D eigenvalue weighted by atomic mass is 9.68. The largest absolute Gasteiger partial charge is 0.241 e. The van der Waals surface area contributed by atoms with Crippen LogP contribution in [0, 0.1) is 17.8 Å². The smallest absolute Gasteiger partial charge is 0.131 e. The highest BCUT2D eigenvalue weighted by Gasteiger charge is 2.31. The van der Waals surface area contributed by atoms with Crippen molar-refractivity contribution in [3.8, 4) is 0 Å². The van der Waals surface area contributed by atoms with E-state index >= 15 is 0 Å². The second kappa shape index (κ2) is 12.7. The van der Waals surface area contributed by atoms with Gasteiger partial charge in [0.1, 0.15) is 5.82 Å². The molecule has 0 unspecified atom stereocenters. The van der Waals surface area contributed by atoms with Gasteiger partial charge in [0.25, 0.3) is 0 Å². The molecule has 2 fully saturated rings. The third kappa shape index (κ3) is 7.37. The first-order valence-corrected chi connectivity index (χ1v) is 13.1. The summed E-state index contributed by atoms with van der Waals surface area (Å²) in [7, 11) is 0. The van der Waals surface area contributed by atoms with Gasteiger partial charge >= 0.3 is 0 Å². The number of hydrogen-bond acceptors (Lipinski definition) is 2. The lowest BCUT2D eigenvalue weighted by Gasteiger charge is -2.37. The van der Waals surface area contributed by atoms with Crippen molar-refractivity contribution >= 4 is 0 Å². The summed E-state index contributed by atoms with van der Waals surface area (Å²) in [5.74, 6) is 4.79. The second-order valence-electron chi connectivity index (χ2n) is 10.1. The molecular weight excluding hydrogens is 352 g/mol. The van der Waals surface area contributed by atoms with Crippen LogP contribution in [-0.4, -0.2) is 9.97 Å². The van der Waals surface area contributed by atoms with E-state index in [1.165, 1.54) is 108 Å². The standard InChI is InChI=1S/C27H46N2/c1-3-5-7-8-9-11-23-20-28-27(29-21-23)26-18-16-25(17-19-26)24-14-12-22(13-15-24)10-6-4-2/h20-22,24-26H,3-19H2,1-2H3/t22-,24-,25-,26-. The quantitative estimate of drug-likeness (QED) is 0.350. The third-order valence-corrected chi connectivity index (χ3v) is 7.96. The topological polar surface area (TPSA) is 25.8 Å². The number of rotatable bonds is 11. The molecule has 2 nitrogen and oxygen atoms in total. The highest BCUT2D eigenvalue weighted by Crippen LogP contribution is 2.44. The minimum atomic E-state index is 0.616. The number of nitrogens with zero attached hydrogens (tertiary/aromatic N) is 2. The second-order valence-corrected chi connectivity index (χ2v) is 10.1. The van der Waals surface area contributed by atoms with Gasteiger partial charge in [0.2, 0.25) is 0 Å². The fourth-order valence-corrected chi connectivity index (χ4v) is 5.93. The average Bonchev–Trinajstić information content (AvgIpc) is 2.78. The van der Waals surface area contributed by atoms with Gasteiger partial charge in [-0.1, -0.05) is 71.6 Å². The Hall–Kier alpha value is -0.920. The number of aromatic nitrogens is 2. The summed E-state index contributed by atoms with van der Waals surface area (Å²) in [6, 6.07) is 0. The van der Waals surface area contributed by atoms with Crippen molar-refractivity contribution in [1.29, 1.82) is 0 Å². The summed E-state index contributed by atoms with van der Waals surface area (Å²) in [6.07, 6.45) is 27.9. The zero-order valence-corrected chi connectivity index (χ0v) is 19.4. The first-order valence-electron chi connectivity index (χ1n) is 13.1. The molecule has 3 rings (SSSR count). The van der Waals surface area contributed by atoms with Crippen molar-refractivity contribution in [2.24, 2.45) is 17.8 Å². The molecular formula is C27H46N2. The van der Waals surface area contributed by atoms with Gasteiger partial charge in [0.05, 0.1) is 0 Å². The van der Waals surface area contributed by atoms with Gasteiger partial charge in [-0.2, -0.15) is 0 Å². The van der Waals surface area contributed by atoms with Crippen LogP contribution in [-0.2, 0) is 6.42 Å². The van der Waals surface area contributed by atoms with Crippen LogP contribution in [0.2, 0.25) is 0 Å². The van der Waals surface area contributed by atoms with Crippen LogP contribution in [0.4, 0.5) is 0 Å². The molecule has 2 heteroatoms. The zero-order chi connectivity index (χ0) is 20.3. The summed E-state index contributed by atoms with van der Waals surface area (Å²) < 4.78 is 0. The molecule has 0 bridgehead atoms. The van der Waals surface area contributed by atoms with E-state index < -0.39 is 0 Å². The first kappa shape index (κ1) is 22.8. The van der Waals surface area contributed by atoms with Gasteiger partial charge in [0, 0.05) is 18.3 Å². The third-order valence-electron chi connectivity index (χ3n) is 7.96. The van der Waals surface area contributed by atoms with Crippen LogP contribution in [0.15, 0.2) is 12.4 Å². The Bertz CT molecular complexity index is 536. The molecule has 0 spiro atoms. The van der Waals surface area contributed by atoms with E-state index in [4.69, 9.17) is 9.97 Å². The minimum Gasteiger partial charge on any atom is -0.241 e. The predicted octanol–water partition coefficient (Wildman–Crippen LogP) is 8.26. The highest BCUT2D eigenvalue weighted by atomic mass is 14.9. The molecule has 164 valence electrons. The van der Waals surface area contributed by atoms with Gasteiger partial charge in [0.15, 0.2) is 0 Å². The molecule has 0 atom stereocenters. The maximum atomic E-state index is 4.78. The molecule has 2 aliphatic rings. The van der Waals surface area contributed by atoms with Gasteiger partial charge in [-0.05, 0) is 74.7 Å². The van der Waals surface area contributed by atoms with Gasteiger partial charge < -0.3 is 0 Å². The number of unbranched alkanes of at least 4 members (excludes halogenated alkanes) is 5. The Balaban J connectivity index is 1.36. The molecule has 0 radical (unpaired) electrons. The summed E-state index contributed by atoms with van der Waals surface area (Å²) in [6.45, 7) is 4.61. The minimum absolute atomic E-state index is 0.616. The fraction of sp³-hybridized carbons (Fsp3) is 0.852. The molecule has 0 saturated heterocycles. The lowest BCUT2D eigenvalue weighted by Crippen LogP contribution is -2.25. The molecule has 2 saturated carbocycles. The normalized spacial score (nSPS) is 27.8. The number of aryl methyl sites for hydroxylation is 1. The Morgan fingerprint density at radius 2 is 1.28 bits per heavy atom. The SMILES string of the molecule is CCCCCCCc1cnc([C@H]2CC[C@H]([C@H]3CC[C@H](CCCC)CC3)CC2)nc1. The summed E-state index contributed by atoms with van der Waals surface area (Å²) >= 11 is 0. The molecule has 0 amide bonds. The lowest BCUT2D eigenvalue weighted by molar-refractivity contribution is 0.154. The van der Waals surface area contributed by atoms with Crippen molar-refractivity contribution in [2.45, 2.75) is 129 Å². The summed E-state index contributed by atoms with van der Waals surface area (Å²) in [5, 5.41) is 0. The van der Waals surface area contributed by atoms with Gasteiger partial charge in [-0.15, -0.1) is 0 Å². The van der Waals surface area contributed by atoms with Crippen molar-refractivity contribution in [3.05, 3.63) is 23.8 Å². The van der Waals surface area contributed by atoms with Crippen molar-refractivity contribution in [3.63, 3.8) is 0 Å². The van der Waals surface area contributed by atoms with Crippen LogP contribution < -0.4 is 0 Å². The fourth-order valence-electron chi connectivity index (χ4n) is 5.93. The average molecular weight is 399 g/mol. The zero-order valence-electron chi connectivity index (χ0n) is 19.4. The van der Waals surface area contributed by atoms with Crippen molar-refractivity contribution in [2.75, 3.05) is 0 Å². The van der Waals surface area contributed by atoms with Crippen LogP contribution in [0.5, 0.6) is 0 Å². The van der Waals surface area contributed by atoms with Gasteiger partial charge in [-0.3, -0.25) is 0 Å². The molecule has 2 aliphatic carbocycles. The summed E-state index contributed by atoms with van der Waals surface area (Å²) in [5.41, 5.74) is 1.33. The molecule has 1 aromatic heterocycles. The van der Waals surface area contributed by atoms with Crippen LogP contribution >= 0.6 is 0 Å². The predicted molar refractivity (Wildman–Crippen MR) is 124 cm³/mol. The van der Waals surface area contributed by atoms with Crippen LogP contribution in [0.25, 0.3) is 0 Å². The maximum absolute atomic E-state index is 4.78. The van der Waals surface area contributed by atoms with E-state index in [-0.39, 0.29) is 0 Å². The summed E-state index contributed by atoms with van der Waals surface area (Å²) in [4.78, 5) is 9.56. The Kier molecular flexibility index (Phi) is 9.97. The highest BCUT2D eigenvalue weighted by molar-refractivity contribution is 5.08. The Morgan fingerprint density at radius 1 is 0.690 bits per heavy atom. The van der Waals surface area contributed by atoms with E-state index in [9.17, 15) is 0 Å². The van der Waals surface area contributed by atoms with Crippen LogP contribution in [0.1, 0.15) is 134 Å². The molecule has 0 aromatic carbocycles. The first-order chi connectivity index (χ1) is 14.3. The van der Waals surface area contributed by atoms with Crippen molar-refractivity contribution < 1.29 is 0 Å². The number of hydrogen-bond donors (Lipinski definition) is 0. The Morgan fingerprint density at radius 3 is 1.90 bits per heavy atom. The maximum Gasteiger partial charge on any atom is 0.131 e. The van der Waals surface area contributed by atoms with E-state index in [1.807, 2.05) is 0 Å². The van der Waals surface area contributed by atoms with E-state index in [0.29, 0.717) is 5.92 Å². The monoisotopic (exact) mass is 398 g/mol. The van der Waals surface area contributed by atoms with E-state index in [0.717, 1.165) is 30.0 Å². The molecule has 0 aliphatic heterocycles. The van der Waals surface area contributed by atoms with Gasteiger partial charge in [-0.25, -0.2) is 9.97 Å².